The van der Waals surface area contributed by atoms with Gasteiger partial charge in [0.1, 0.15) is 0 Å². The standard InChI is InChI=1S/C20H25N5O5/c26-16-15-21-9-11-22(17-1-5-19(6-2-17)24(27)28)13-14-23(12-10-21)18-3-7-20(8-4-18)25(29)30/h1-8,26H,9-16H2. The number of nitro groups is 2. The van der Waals surface area contributed by atoms with Crippen LogP contribution in [-0.2, 0) is 0 Å². The van der Waals surface area contributed by atoms with Crippen LogP contribution in [0.2, 0.25) is 0 Å². The lowest BCUT2D eigenvalue weighted by molar-refractivity contribution is -0.385. The van der Waals surface area contributed by atoms with Gasteiger partial charge in [0.15, 0.2) is 0 Å². The number of anilines is 2. The van der Waals surface area contributed by atoms with Gasteiger partial charge in [-0.3, -0.25) is 25.1 Å². The van der Waals surface area contributed by atoms with Gasteiger partial charge in [-0.1, -0.05) is 0 Å². The lowest BCUT2D eigenvalue weighted by atomic mass is 10.2. The molecule has 1 saturated heterocycles. The number of aliphatic hydroxyl groups is 1. The summed E-state index contributed by atoms with van der Waals surface area (Å²) in [5, 5.41) is 31.2. The topological polar surface area (TPSA) is 116 Å². The van der Waals surface area contributed by atoms with Crippen molar-refractivity contribution in [1.29, 1.82) is 0 Å². The monoisotopic (exact) mass is 415 g/mol. The molecule has 0 bridgehead atoms. The number of benzene rings is 2. The van der Waals surface area contributed by atoms with E-state index in [1.54, 1.807) is 24.3 Å². The van der Waals surface area contributed by atoms with Crippen molar-refractivity contribution in [1.82, 2.24) is 4.90 Å². The Morgan fingerprint density at radius 2 is 1.07 bits per heavy atom. The Morgan fingerprint density at radius 3 is 1.40 bits per heavy atom. The minimum absolute atomic E-state index is 0.0532. The van der Waals surface area contributed by atoms with E-state index in [1.807, 2.05) is 0 Å². The van der Waals surface area contributed by atoms with E-state index >= 15 is 0 Å². The molecule has 1 aliphatic rings. The first kappa shape index (κ1) is 21.5. The lowest BCUT2D eigenvalue weighted by Crippen LogP contribution is -2.37. The summed E-state index contributed by atoms with van der Waals surface area (Å²) in [5.74, 6) is 0. The summed E-state index contributed by atoms with van der Waals surface area (Å²) in [5.41, 5.74) is 1.90. The summed E-state index contributed by atoms with van der Waals surface area (Å²) in [6.45, 7) is 4.98. The number of hydrogen-bond acceptors (Lipinski definition) is 8. The largest absolute Gasteiger partial charge is 0.395 e. The zero-order valence-electron chi connectivity index (χ0n) is 16.6. The van der Waals surface area contributed by atoms with Crippen LogP contribution in [-0.4, -0.2) is 72.3 Å². The maximum absolute atomic E-state index is 10.9. The maximum Gasteiger partial charge on any atom is 0.269 e. The Morgan fingerprint density at radius 1 is 0.700 bits per heavy atom. The van der Waals surface area contributed by atoms with E-state index in [2.05, 4.69) is 14.7 Å². The third kappa shape index (κ3) is 5.43. The molecule has 1 N–H and O–H groups in total. The summed E-state index contributed by atoms with van der Waals surface area (Å²) < 4.78 is 0. The Labute approximate surface area is 174 Å². The highest BCUT2D eigenvalue weighted by molar-refractivity contribution is 5.53. The normalized spacial score (nSPS) is 15.9. The van der Waals surface area contributed by atoms with E-state index < -0.39 is 9.85 Å². The van der Waals surface area contributed by atoms with Crippen LogP contribution in [0.4, 0.5) is 22.7 Å². The molecule has 0 aliphatic carbocycles. The molecule has 0 spiro atoms. The van der Waals surface area contributed by atoms with Crippen molar-refractivity contribution in [3.05, 3.63) is 68.8 Å². The van der Waals surface area contributed by atoms with Gasteiger partial charge in [-0.2, -0.15) is 0 Å². The highest BCUT2D eigenvalue weighted by Crippen LogP contribution is 2.22. The molecule has 0 saturated carbocycles. The third-order valence-electron chi connectivity index (χ3n) is 5.28. The minimum atomic E-state index is -0.415. The van der Waals surface area contributed by atoms with Crippen molar-refractivity contribution in [2.24, 2.45) is 0 Å². The van der Waals surface area contributed by atoms with Crippen molar-refractivity contribution < 1.29 is 15.0 Å². The van der Waals surface area contributed by atoms with E-state index in [0.717, 1.165) is 37.6 Å². The van der Waals surface area contributed by atoms with Crippen LogP contribution in [0.1, 0.15) is 0 Å². The van der Waals surface area contributed by atoms with Gasteiger partial charge in [0.25, 0.3) is 11.4 Å². The van der Waals surface area contributed by atoms with Crippen LogP contribution in [0, 0.1) is 20.2 Å². The molecule has 0 radical (unpaired) electrons. The molecule has 0 unspecified atom stereocenters. The SMILES string of the molecule is O=[N+]([O-])c1ccc(N2CCN(CCO)CCN(c3ccc([N+](=O)[O-])cc3)CC2)cc1. The number of nitrogens with zero attached hydrogens (tertiary/aromatic N) is 5. The molecule has 3 rings (SSSR count). The zero-order valence-corrected chi connectivity index (χ0v) is 16.6. The molecule has 1 aliphatic heterocycles. The van der Waals surface area contributed by atoms with Crippen LogP contribution in [0.15, 0.2) is 48.5 Å². The Hall–Kier alpha value is -3.24. The number of non-ortho nitro benzene ring substituents is 2. The number of β-amino-alcohol motifs (C(OH)–C–C–N with tert-alkyl or cyclic N) is 1. The Bertz CT molecular complexity index is 789. The second-order valence-corrected chi connectivity index (χ2v) is 7.09. The second kappa shape index (κ2) is 9.99. The minimum Gasteiger partial charge on any atom is -0.395 e. The highest BCUT2D eigenvalue weighted by atomic mass is 16.6. The van der Waals surface area contributed by atoms with Gasteiger partial charge in [-0.15, -0.1) is 0 Å². The molecule has 0 amide bonds. The first-order chi connectivity index (χ1) is 14.5. The number of aliphatic hydroxyl groups excluding tert-OH is 1. The molecule has 0 aromatic heterocycles. The first-order valence-corrected chi connectivity index (χ1v) is 9.80. The van der Waals surface area contributed by atoms with Gasteiger partial charge in [-0.05, 0) is 24.3 Å². The van der Waals surface area contributed by atoms with Crippen molar-refractivity contribution >= 4 is 22.7 Å². The van der Waals surface area contributed by atoms with Crippen molar-refractivity contribution in [3.63, 3.8) is 0 Å². The van der Waals surface area contributed by atoms with Crippen LogP contribution in [0.3, 0.4) is 0 Å². The fraction of sp³-hybridized carbons (Fsp3) is 0.400. The molecule has 10 nitrogen and oxygen atoms in total. The van der Waals surface area contributed by atoms with Gasteiger partial charge >= 0.3 is 0 Å². The van der Waals surface area contributed by atoms with Gasteiger partial charge in [0.2, 0.25) is 0 Å². The molecule has 10 heteroatoms. The average molecular weight is 415 g/mol. The van der Waals surface area contributed by atoms with Crippen molar-refractivity contribution in [3.8, 4) is 0 Å². The van der Waals surface area contributed by atoms with Gasteiger partial charge in [0.05, 0.1) is 16.5 Å². The molecule has 30 heavy (non-hydrogen) atoms. The smallest absolute Gasteiger partial charge is 0.269 e. The average Bonchev–Trinajstić information content (AvgIpc) is 2.85. The van der Waals surface area contributed by atoms with E-state index in [9.17, 15) is 25.3 Å². The number of rotatable bonds is 6. The highest BCUT2D eigenvalue weighted by Gasteiger charge is 2.18. The Balaban J connectivity index is 1.80. The summed E-state index contributed by atoms with van der Waals surface area (Å²) in [6, 6.07) is 13.0. The van der Waals surface area contributed by atoms with Gasteiger partial charge in [0, 0.05) is 81.5 Å². The van der Waals surface area contributed by atoms with Crippen molar-refractivity contribution in [2.45, 2.75) is 0 Å². The van der Waals surface area contributed by atoms with Crippen LogP contribution < -0.4 is 9.80 Å². The summed E-state index contributed by atoms with van der Waals surface area (Å²) in [6.07, 6.45) is 0. The maximum atomic E-state index is 10.9. The molecule has 2 aromatic carbocycles. The molecule has 1 heterocycles. The molecule has 2 aromatic rings. The number of nitro benzene ring substituents is 2. The second-order valence-electron chi connectivity index (χ2n) is 7.09. The van der Waals surface area contributed by atoms with Crippen LogP contribution >= 0.6 is 0 Å². The Kier molecular flexibility index (Phi) is 7.15. The van der Waals surface area contributed by atoms with Gasteiger partial charge in [-0.25, -0.2) is 0 Å². The summed E-state index contributed by atoms with van der Waals surface area (Å²) in [7, 11) is 0. The molecule has 1 fully saturated rings. The van der Waals surface area contributed by atoms with Crippen LogP contribution in [0.5, 0.6) is 0 Å². The zero-order chi connectivity index (χ0) is 21.5. The fourth-order valence-corrected chi connectivity index (χ4v) is 3.55. The predicted molar refractivity (Wildman–Crippen MR) is 114 cm³/mol. The van der Waals surface area contributed by atoms with E-state index in [-0.39, 0.29) is 18.0 Å². The molecule has 160 valence electrons. The number of hydrogen-bond donors (Lipinski definition) is 1. The van der Waals surface area contributed by atoms with Gasteiger partial charge < -0.3 is 14.9 Å². The molecular formula is C20H25N5O5. The quantitative estimate of drug-likeness (QED) is 0.563. The third-order valence-corrected chi connectivity index (χ3v) is 5.28. The fourth-order valence-electron chi connectivity index (χ4n) is 3.55. The van der Waals surface area contributed by atoms with Crippen molar-refractivity contribution in [2.75, 3.05) is 62.2 Å². The van der Waals surface area contributed by atoms with E-state index in [1.165, 1.54) is 24.3 Å². The van der Waals surface area contributed by atoms with E-state index in [4.69, 9.17) is 0 Å². The first-order valence-electron chi connectivity index (χ1n) is 9.80. The molecular weight excluding hydrogens is 390 g/mol. The summed E-state index contributed by atoms with van der Waals surface area (Å²) in [4.78, 5) is 27.5. The van der Waals surface area contributed by atoms with E-state index in [0.29, 0.717) is 19.6 Å². The molecule has 0 atom stereocenters. The van der Waals surface area contributed by atoms with Crippen LogP contribution in [0.25, 0.3) is 0 Å². The summed E-state index contributed by atoms with van der Waals surface area (Å²) >= 11 is 0. The lowest BCUT2D eigenvalue weighted by Gasteiger charge is -2.28. The predicted octanol–water partition coefficient (Wildman–Crippen LogP) is 2.12.